The summed E-state index contributed by atoms with van der Waals surface area (Å²) in [5.74, 6) is 1.40. The topological polar surface area (TPSA) is 53.1 Å². The maximum atomic E-state index is 5.75. The number of nitrogens with zero attached hydrogens (tertiary/aromatic N) is 2. The van der Waals surface area contributed by atoms with Crippen LogP contribution in [0.4, 0.5) is 5.82 Å². The Bertz CT molecular complexity index is 502. The second-order valence-corrected chi connectivity index (χ2v) is 4.34. The van der Waals surface area contributed by atoms with E-state index in [-0.39, 0.29) is 0 Å². The molecule has 2 N–H and O–H groups in total. The van der Waals surface area contributed by atoms with Crippen LogP contribution in [-0.4, -0.2) is 16.9 Å². The van der Waals surface area contributed by atoms with Crippen LogP contribution >= 0.6 is 15.9 Å². The molecule has 0 radical (unpaired) electrons. The average Bonchev–Trinajstić information content (AvgIpc) is 2.59. The van der Waals surface area contributed by atoms with Crippen LogP contribution in [0.1, 0.15) is 0 Å². The van der Waals surface area contributed by atoms with Gasteiger partial charge in [-0.1, -0.05) is 15.9 Å². The van der Waals surface area contributed by atoms with E-state index >= 15 is 0 Å². The summed E-state index contributed by atoms with van der Waals surface area (Å²) in [6.45, 7) is 0. The molecule has 4 nitrogen and oxygen atoms in total. The smallest absolute Gasteiger partial charge is 0.129 e. The zero-order valence-electron chi connectivity index (χ0n) is 9.07. The summed E-state index contributed by atoms with van der Waals surface area (Å²) in [6, 6.07) is 7.62. The first-order chi connectivity index (χ1) is 7.61. The van der Waals surface area contributed by atoms with E-state index in [9.17, 15) is 0 Å². The lowest BCUT2D eigenvalue weighted by molar-refractivity contribution is 0.416. The Morgan fingerprint density at radius 3 is 2.69 bits per heavy atom. The lowest BCUT2D eigenvalue weighted by atomic mass is 10.1. The third kappa shape index (κ3) is 1.90. The highest BCUT2D eigenvalue weighted by Gasteiger charge is 2.10. The van der Waals surface area contributed by atoms with Gasteiger partial charge in [-0.05, 0) is 18.2 Å². The summed E-state index contributed by atoms with van der Waals surface area (Å²) in [5.41, 5.74) is 7.49. The van der Waals surface area contributed by atoms with Crippen molar-refractivity contribution in [3.63, 3.8) is 0 Å². The molecule has 0 saturated heterocycles. The minimum atomic E-state index is 0.625. The second-order valence-electron chi connectivity index (χ2n) is 3.42. The third-order valence-electron chi connectivity index (χ3n) is 2.36. The molecule has 0 bridgehead atoms. The van der Waals surface area contributed by atoms with Crippen molar-refractivity contribution >= 4 is 21.7 Å². The van der Waals surface area contributed by atoms with Gasteiger partial charge in [0.1, 0.15) is 11.6 Å². The predicted octanol–water partition coefficient (Wildman–Crippen LogP) is 2.44. The monoisotopic (exact) mass is 281 g/mol. The molecular formula is C11H12BrN3O. The van der Waals surface area contributed by atoms with Gasteiger partial charge in [-0.3, -0.25) is 4.68 Å². The number of nitrogen functional groups attached to an aromatic ring is 1. The molecule has 5 heteroatoms. The number of benzene rings is 1. The van der Waals surface area contributed by atoms with Gasteiger partial charge >= 0.3 is 0 Å². The number of ether oxygens (including phenoxy) is 1. The standard InChI is InChI=1S/C11H12BrN3O/c1-15-11(13)6-9(14-15)8-4-3-7(12)5-10(8)16-2/h3-6H,13H2,1-2H3. The summed E-state index contributed by atoms with van der Waals surface area (Å²) < 4.78 is 7.91. The number of hydrogen-bond acceptors (Lipinski definition) is 3. The van der Waals surface area contributed by atoms with E-state index in [0.29, 0.717) is 5.82 Å². The Morgan fingerprint density at radius 2 is 2.12 bits per heavy atom. The van der Waals surface area contributed by atoms with Gasteiger partial charge in [0.15, 0.2) is 0 Å². The first-order valence-corrected chi connectivity index (χ1v) is 5.54. The van der Waals surface area contributed by atoms with Crippen molar-refractivity contribution in [2.24, 2.45) is 7.05 Å². The third-order valence-corrected chi connectivity index (χ3v) is 2.85. The van der Waals surface area contributed by atoms with Crippen molar-refractivity contribution in [2.45, 2.75) is 0 Å². The first-order valence-electron chi connectivity index (χ1n) is 4.75. The van der Waals surface area contributed by atoms with Crippen molar-refractivity contribution in [3.8, 4) is 17.0 Å². The molecule has 2 aromatic rings. The van der Waals surface area contributed by atoms with Crippen molar-refractivity contribution in [2.75, 3.05) is 12.8 Å². The van der Waals surface area contributed by atoms with Crippen molar-refractivity contribution in [1.82, 2.24) is 9.78 Å². The highest BCUT2D eigenvalue weighted by Crippen LogP contribution is 2.32. The van der Waals surface area contributed by atoms with Crippen LogP contribution in [0.25, 0.3) is 11.3 Å². The Balaban J connectivity index is 2.55. The Labute approximate surface area is 102 Å². The molecule has 1 aromatic heterocycles. The maximum Gasteiger partial charge on any atom is 0.129 e. The number of anilines is 1. The molecule has 0 fully saturated rings. The molecule has 0 saturated carbocycles. The average molecular weight is 282 g/mol. The number of halogens is 1. The number of nitrogens with two attached hydrogens (primary N) is 1. The van der Waals surface area contributed by atoms with Crippen LogP contribution in [0.15, 0.2) is 28.7 Å². The highest BCUT2D eigenvalue weighted by molar-refractivity contribution is 9.10. The van der Waals surface area contributed by atoms with E-state index in [1.807, 2.05) is 31.3 Å². The first kappa shape index (κ1) is 11.0. The zero-order chi connectivity index (χ0) is 11.7. The van der Waals surface area contributed by atoms with E-state index in [0.717, 1.165) is 21.5 Å². The van der Waals surface area contributed by atoms with E-state index in [2.05, 4.69) is 21.0 Å². The van der Waals surface area contributed by atoms with Crippen LogP contribution in [-0.2, 0) is 7.05 Å². The molecule has 84 valence electrons. The Morgan fingerprint density at radius 1 is 1.38 bits per heavy atom. The molecule has 0 aliphatic carbocycles. The molecule has 1 aromatic carbocycles. The van der Waals surface area contributed by atoms with Crippen molar-refractivity contribution in [1.29, 1.82) is 0 Å². The van der Waals surface area contributed by atoms with Gasteiger partial charge in [-0.25, -0.2) is 0 Å². The second kappa shape index (κ2) is 4.17. The van der Waals surface area contributed by atoms with Gasteiger partial charge in [0.2, 0.25) is 0 Å². The molecule has 0 amide bonds. The van der Waals surface area contributed by atoms with Gasteiger partial charge in [0, 0.05) is 23.2 Å². The summed E-state index contributed by atoms with van der Waals surface area (Å²) in [4.78, 5) is 0. The maximum absolute atomic E-state index is 5.75. The van der Waals surface area contributed by atoms with Crippen molar-refractivity contribution < 1.29 is 4.74 Å². The lowest BCUT2D eigenvalue weighted by Gasteiger charge is -2.06. The van der Waals surface area contributed by atoms with E-state index in [1.165, 1.54) is 0 Å². The number of aromatic nitrogens is 2. The molecule has 0 spiro atoms. The molecule has 0 aliphatic rings. The number of methoxy groups -OCH3 is 1. The van der Waals surface area contributed by atoms with Crippen LogP contribution < -0.4 is 10.5 Å². The largest absolute Gasteiger partial charge is 0.496 e. The van der Waals surface area contributed by atoms with Crippen LogP contribution in [0, 0.1) is 0 Å². The number of hydrogen-bond donors (Lipinski definition) is 1. The number of rotatable bonds is 2. The fraction of sp³-hybridized carbons (Fsp3) is 0.182. The SMILES string of the molecule is COc1cc(Br)ccc1-c1cc(N)n(C)n1. The minimum Gasteiger partial charge on any atom is -0.496 e. The number of aryl methyl sites for hydroxylation is 1. The molecule has 1 heterocycles. The van der Waals surface area contributed by atoms with Crippen LogP contribution in [0.2, 0.25) is 0 Å². The van der Waals surface area contributed by atoms with Crippen LogP contribution in [0.5, 0.6) is 5.75 Å². The van der Waals surface area contributed by atoms with Gasteiger partial charge < -0.3 is 10.5 Å². The summed E-state index contributed by atoms with van der Waals surface area (Å²) in [7, 11) is 3.45. The van der Waals surface area contributed by atoms with Gasteiger partial charge in [-0.2, -0.15) is 5.10 Å². The highest BCUT2D eigenvalue weighted by atomic mass is 79.9. The molecular weight excluding hydrogens is 270 g/mol. The fourth-order valence-electron chi connectivity index (χ4n) is 1.49. The Hall–Kier alpha value is -1.49. The quantitative estimate of drug-likeness (QED) is 0.920. The van der Waals surface area contributed by atoms with Crippen molar-refractivity contribution in [3.05, 3.63) is 28.7 Å². The summed E-state index contributed by atoms with van der Waals surface area (Å²) in [5, 5.41) is 4.32. The fourth-order valence-corrected chi connectivity index (χ4v) is 1.83. The van der Waals surface area contributed by atoms with E-state index in [1.54, 1.807) is 11.8 Å². The molecule has 2 rings (SSSR count). The molecule has 16 heavy (non-hydrogen) atoms. The summed E-state index contributed by atoms with van der Waals surface area (Å²) in [6.07, 6.45) is 0. The van der Waals surface area contributed by atoms with Crippen LogP contribution in [0.3, 0.4) is 0 Å². The molecule has 0 unspecified atom stereocenters. The van der Waals surface area contributed by atoms with E-state index < -0.39 is 0 Å². The van der Waals surface area contributed by atoms with Gasteiger partial charge in [0.25, 0.3) is 0 Å². The van der Waals surface area contributed by atoms with Gasteiger partial charge in [-0.15, -0.1) is 0 Å². The lowest BCUT2D eigenvalue weighted by Crippen LogP contribution is -1.96. The minimum absolute atomic E-state index is 0.625. The summed E-state index contributed by atoms with van der Waals surface area (Å²) >= 11 is 3.40. The predicted molar refractivity (Wildman–Crippen MR) is 67.3 cm³/mol. The Kier molecular flexibility index (Phi) is 2.87. The normalized spacial score (nSPS) is 10.4. The molecule has 0 atom stereocenters. The zero-order valence-corrected chi connectivity index (χ0v) is 10.7. The molecule has 0 aliphatic heterocycles. The van der Waals surface area contributed by atoms with E-state index in [4.69, 9.17) is 10.5 Å². The van der Waals surface area contributed by atoms with Gasteiger partial charge in [0.05, 0.1) is 12.8 Å².